The number of anilines is 1. The van der Waals surface area contributed by atoms with Crippen LogP contribution in [0.3, 0.4) is 0 Å². The maximum atomic E-state index is 12.4. The molecule has 1 heterocycles. The molecular formula is C16H14N2O2S. The van der Waals surface area contributed by atoms with Crippen LogP contribution >= 0.6 is 0 Å². The second-order valence-electron chi connectivity index (χ2n) is 4.83. The van der Waals surface area contributed by atoms with E-state index in [1.54, 1.807) is 30.5 Å². The van der Waals surface area contributed by atoms with Crippen LogP contribution in [0.1, 0.15) is 5.56 Å². The van der Waals surface area contributed by atoms with E-state index in [2.05, 4.69) is 9.71 Å². The molecule has 0 radical (unpaired) electrons. The largest absolute Gasteiger partial charge is 0.277 e. The molecule has 4 nitrogen and oxygen atoms in total. The fraction of sp³-hybridized carbons (Fsp3) is 0.0625. The summed E-state index contributed by atoms with van der Waals surface area (Å²) in [6.45, 7) is 1.92. The lowest BCUT2D eigenvalue weighted by molar-refractivity contribution is 0.601. The van der Waals surface area contributed by atoms with E-state index in [4.69, 9.17) is 0 Å². The summed E-state index contributed by atoms with van der Waals surface area (Å²) in [4.78, 5) is 4.31. The van der Waals surface area contributed by atoms with E-state index >= 15 is 0 Å². The zero-order valence-electron chi connectivity index (χ0n) is 11.4. The summed E-state index contributed by atoms with van der Waals surface area (Å²) in [5.41, 5.74) is 1.49. The molecule has 0 aliphatic carbocycles. The third kappa shape index (κ3) is 2.73. The summed E-state index contributed by atoms with van der Waals surface area (Å²) in [6, 6.07) is 14.3. The lowest BCUT2D eigenvalue weighted by Gasteiger charge is -2.10. The molecule has 0 spiro atoms. The number of aryl methyl sites for hydroxylation is 1. The molecule has 0 unspecified atom stereocenters. The van der Waals surface area contributed by atoms with Gasteiger partial charge >= 0.3 is 0 Å². The van der Waals surface area contributed by atoms with Crippen LogP contribution < -0.4 is 4.72 Å². The predicted molar refractivity (Wildman–Crippen MR) is 83.7 cm³/mol. The molecular weight excluding hydrogens is 284 g/mol. The average molecular weight is 298 g/mol. The van der Waals surface area contributed by atoms with Crippen molar-refractivity contribution < 1.29 is 8.42 Å². The maximum Gasteiger partial charge on any atom is 0.261 e. The van der Waals surface area contributed by atoms with Crippen LogP contribution in [0.2, 0.25) is 0 Å². The van der Waals surface area contributed by atoms with Gasteiger partial charge in [-0.3, -0.25) is 9.71 Å². The van der Waals surface area contributed by atoms with Gasteiger partial charge in [0.05, 0.1) is 16.8 Å². The third-order valence-electron chi connectivity index (χ3n) is 3.24. The van der Waals surface area contributed by atoms with Gasteiger partial charge in [0.2, 0.25) is 0 Å². The number of nitrogens with one attached hydrogen (secondary N) is 1. The van der Waals surface area contributed by atoms with Crippen molar-refractivity contribution in [2.45, 2.75) is 11.8 Å². The maximum absolute atomic E-state index is 12.4. The van der Waals surface area contributed by atoms with E-state index in [0.29, 0.717) is 5.69 Å². The second kappa shape index (κ2) is 5.18. The quantitative estimate of drug-likeness (QED) is 0.806. The average Bonchev–Trinajstić information content (AvgIpc) is 2.48. The number of rotatable bonds is 3. The fourth-order valence-electron chi connectivity index (χ4n) is 2.12. The van der Waals surface area contributed by atoms with Crippen molar-refractivity contribution in [3.63, 3.8) is 0 Å². The molecule has 0 bridgehead atoms. The Morgan fingerprint density at radius 1 is 0.952 bits per heavy atom. The molecule has 2 aromatic carbocycles. The summed E-state index contributed by atoms with van der Waals surface area (Å²) < 4.78 is 27.4. The number of hydrogen-bond donors (Lipinski definition) is 1. The Kier molecular flexibility index (Phi) is 3.35. The number of sulfonamides is 1. The molecule has 1 aromatic heterocycles. The molecule has 3 rings (SSSR count). The summed E-state index contributed by atoms with van der Waals surface area (Å²) in [6.07, 6.45) is 3.23. The predicted octanol–water partition coefficient (Wildman–Crippen LogP) is 3.34. The molecule has 0 amide bonds. The number of aromatic nitrogens is 1. The Balaban J connectivity index is 2.03. The number of hydrogen-bond acceptors (Lipinski definition) is 3. The Bertz CT molecular complexity index is 882. The van der Waals surface area contributed by atoms with Gasteiger partial charge in [-0.05, 0) is 19.1 Å². The molecule has 1 N–H and O–H groups in total. The highest BCUT2D eigenvalue weighted by Gasteiger charge is 2.15. The lowest BCUT2D eigenvalue weighted by atomic mass is 10.1. The first kappa shape index (κ1) is 13.6. The molecule has 0 saturated heterocycles. The molecule has 21 heavy (non-hydrogen) atoms. The van der Waals surface area contributed by atoms with E-state index < -0.39 is 10.0 Å². The first-order valence-electron chi connectivity index (χ1n) is 6.48. The van der Waals surface area contributed by atoms with E-state index in [-0.39, 0.29) is 4.90 Å². The standard InChI is InChI=1S/C16H14N2O2S/c1-12-6-8-14(9-7-12)21(19,20)18-16-11-17-10-13-4-2-3-5-15(13)16/h2-11,18H,1H3. The van der Waals surface area contributed by atoms with Crippen molar-refractivity contribution in [1.82, 2.24) is 4.98 Å². The minimum Gasteiger partial charge on any atom is -0.277 e. The number of pyridine rings is 1. The van der Waals surface area contributed by atoms with Crippen LogP contribution in [-0.4, -0.2) is 13.4 Å². The first-order valence-corrected chi connectivity index (χ1v) is 7.97. The molecule has 5 heteroatoms. The van der Waals surface area contributed by atoms with Crippen molar-refractivity contribution >= 4 is 26.5 Å². The van der Waals surface area contributed by atoms with Gasteiger partial charge in [0, 0.05) is 17.0 Å². The van der Waals surface area contributed by atoms with E-state index in [1.165, 1.54) is 6.20 Å². The van der Waals surface area contributed by atoms with Crippen LogP contribution in [-0.2, 0) is 10.0 Å². The summed E-state index contributed by atoms with van der Waals surface area (Å²) in [5, 5.41) is 1.71. The van der Waals surface area contributed by atoms with Crippen molar-refractivity contribution in [1.29, 1.82) is 0 Å². The van der Waals surface area contributed by atoms with E-state index in [1.807, 2.05) is 31.2 Å². The van der Waals surface area contributed by atoms with Gasteiger partial charge in [-0.25, -0.2) is 8.42 Å². The molecule has 0 aliphatic heterocycles. The van der Waals surface area contributed by atoms with E-state index in [0.717, 1.165) is 16.3 Å². The minimum atomic E-state index is -3.61. The highest BCUT2D eigenvalue weighted by Crippen LogP contribution is 2.24. The monoisotopic (exact) mass is 298 g/mol. The van der Waals surface area contributed by atoms with Gasteiger partial charge in [-0.15, -0.1) is 0 Å². The highest BCUT2D eigenvalue weighted by molar-refractivity contribution is 7.92. The second-order valence-corrected chi connectivity index (χ2v) is 6.51. The molecule has 0 fully saturated rings. The molecule has 3 aromatic rings. The number of nitrogens with zero attached hydrogens (tertiary/aromatic N) is 1. The Labute approximate surface area is 123 Å². The Hall–Kier alpha value is -2.40. The molecule has 0 aliphatic rings. The van der Waals surface area contributed by atoms with Crippen LogP contribution in [0.5, 0.6) is 0 Å². The van der Waals surface area contributed by atoms with Crippen molar-refractivity contribution in [2.24, 2.45) is 0 Å². The van der Waals surface area contributed by atoms with Gasteiger partial charge in [-0.2, -0.15) is 0 Å². The molecule has 0 atom stereocenters. The van der Waals surface area contributed by atoms with Crippen LogP contribution in [0, 0.1) is 6.92 Å². The van der Waals surface area contributed by atoms with Gasteiger partial charge in [0.15, 0.2) is 0 Å². The van der Waals surface area contributed by atoms with Gasteiger partial charge in [0.1, 0.15) is 0 Å². The number of benzene rings is 2. The SMILES string of the molecule is Cc1ccc(S(=O)(=O)Nc2cncc3ccccc23)cc1. The van der Waals surface area contributed by atoms with Crippen LogP contribution in [0.25, 0.3) is 10.8 Å². The summed E-state index contributed by atoms with van der Waals surface area (Å²) >= 11 is 0. The zero-order valence-corrected chi connectivity index (χ0v) is 12.3. The Morgan fingerprint density at radius 3 is 2.43 bits per heavy atom. The van der Waals surface area contributed by atoms with Gasteiger partial charge < -0.3 is 0 Å². The highest BCUT2D eigenvalue weighted by atomic mass is 32.2. The van der Waals surface area contributed by atoms with E-state index in [9.17, 15) is 8.42 Å². The molecule has 0 saturated carbocycles. The van der Waals surface area contributed by atoms with Crippen molar-refractivity contribution in [2.75, 3.05) is 4.72 Å². The van der Waals surface area contributed by atoms with Crippen LogP contribution in [0.4, 0.5) is 5.69 Å². The van der Waals surface area contributed by atoms with Crippen molar-refractivity contribution in [3.8, 4) is 0 Å². The Morgan fingerprint density at radius 2 is 1.67 bits per heavy atom. The number of fused-ring (bicyclic) bond motifs is 1. The minimum absolute atomic E-state index is 0.237. The fourth-order valence-corrected chi connectivity index (χ4v) is 3.18. The topological polar surface area (TPSA) is 59.1 Å². The first-order chi connectivity index (χ1) is 10.1. The third-order valence-corrected chi connectivity index (χ3v) is 4.63. The van der Waals surface area contributed by atoms with Crippen LogP contribution in [0.15, 0.2) is 65.8 Å². The summed E-state index contributed by atoms with van der Waals surface area (Å²) in [5.74, 6) is 0. The summed E-state index contributed by atoms with van der Waals surface area (Å²) in [7, 11) is -3.61. The van der Waals surface area contributed by atoms with Crippen molar-refractivity contribution in [3.05, 3.63) is 66.5 Å². The normalized spacial score (nSPS) is 11.5. The molecule has 106 valence electrons. The van der Waals surface area contributed by atoms with Gasteiger partial charge in [-0.1, -0.05) is 42.0 Å². The zero-order chi connectivity index (χ0) is 14.9. The smallest absolute Gasteiger partial charge is 0.261 e. The lowest BCUT2D eigenvalue weighted by Crippen LogP contribution is -2.13. The van der Waals surface area contributed by atoms with Gasteiger partial charge in [0.25, 0.3) is 10.0 Å².